The zero-order chi connectivity index (χ0) is 11.6. The number of benzene rings is 1. The van der Waals surface area contributed by atoms with Gasteiger partial charge in [-0.3, -0.25) is 4.68 Å². The molecule has 0 unspecified atom stereocenters. The van der Waals surface area contributed by atoms with Crippen molar-refractivity contribution in [1.82, 2.24) is 9.78 Å². The monoisotopic (exact) mass is 237 g/mol. The van der Waals surface area contributed by atoms with Gasteiger partial charge < -0.3 is 0 Å². The molecule has 0 radical (unpaired) electrons. The normalized spacial score (nSPS) is 11.6. The minimum Gasteiger partial charge on any atom is -0.267 e. The quantitative estimate of drug-likeness (QED) is 0.848. The first-order valence-corrected chi connectivity index (χ1v) is 6.20. The van der Waals surface area contributed by atoms with E-state index in [1.54, 1.807) is 6.20 Å². The van der Waals surface area contributed by atoms with Gasteiger partial charge in [-0.1, -0.05) is 30.3 Å². The van der Waals surface area contributed by atoms with E-state index in [1.807, 2.05) is 30.3 Å². The summed E-state index contributed by atoms with van der Waals surface area (Å²) < 4.78 is 23.5. The van der Waals surface area contributed by atoms with Crippen LogP contribution in [0.4, 0.5) is 0 Å². The van der Waals surface area contributed by atoms with Gasteiger partial charge in [0, 0.05) is 6.20 Å². The van der Waals surface area contributed by atoms with Crippen LogP contribution < -0.4 is 5.14 Å². The average Bonchev–Trinajstić information content (AvgIpc) is 2.67. The van der Waals surface area contributed by atoms with Crippen LogP contribution in [-0.2, 0) is 16.6 Å². The Kier molecular flexibility index (Phi) is 2.76. The van der Waals surface area contributed by atoms with E-state index in [1.165, 1.54) is 10.7 Å². The Morgan fingerprint density at radius 2 is 1.88 bits per heavy atom. The second-order valence-corrected chi connectivity index (χ2v) is 4.89. The number of nitrogens with two attached hydrogens (primary N) is 1. The fraction of sp³-hybridized carbons (Fsp3) is 0.100. The molecular weight excluding hydrogens is 226 g/mol. The van der Waals surface area contributed by atoms with Gasteiger partial charge in [-0.2, -0.15) is 5.10 Å². The highest BCUT2D eigenvalue weighted by molar-refractivity contribution is 7.89. The van der Waals surface area contributed by atoms with Crippen LogP contribution >= 0.6 is 0 Å². The molecule has 16 heavy (non-hydrogen) atoms. The third-order valence-corrected chi connectivity index (χ3v) is 2.90. The molecule has 2 aromatic rings. The van der Waals surface area contributed by atoms with E-state index < -0.39 is 10.0 Å². The molecule has 0 saturated heterocycles. The summed E-state index contributed by atoms with van der Waals surface area (Å²) in [7, 11) is -3.71. The van der Waals surface area contributed by atoms with E-state index in [0.717, 1.165) is 5.56 Å². The summed E-state index contributed by atoms with van der Waals surface area (Å²) in [5.74, 6) is 0. The molecule has 0 saturated carbocycles. The molecule has 84 valence electrons. The number of rotatable bonds is 3. The highest BCUT2D eigenvalue weighted by Crippen LogP contribution is 2.05. The molecule has 0 amide bonds. The lowest BCUT2D eigenvalue weighted by Gasteiger charge is -2.00. The standard InChI is InChI=1S/C10H11N3O2S/c11-16(14,15)10-6-7-13(12-10)8-9-4-2-1-3-5-9/h1-7H,8H2,(H2,11,14,15). The smallest absolute Gasteiger partial charge is 0.257 e. The number of hydrogen-bond acceptors (Lipinski definition) is 3. The fourth-order valence-corrected chi connectivity index (χ4v) is 1.82. The lowest BCUT2D eigenvalue weighted by molar-refractivity contribution is 0.586. The van der Waals surface area contributed by atoms with Crippen molar-refractivity contribution in [2.75, 3.05) is 0 Å². The molecule has 0 atom stereocenters. The fourth-order valence-electron chi connectivity index (χ4n) is 1.35. The van der Waals surface area contributed by atoms with Crippen molar-refractivity contribution in [3.05, 3.63) is 48.2 Å². The van der Waals surface area contributed by atoms with Gasteiger partial charge in [0.05, 0.1) is 6.54 Å². The molecule has 5 nitrogen and oxygen atoms in total. The topological polar surface area (TPSA) is 78.0 Å². The van der Waals surface area contributed by atoms with Crippen LogP contribution in [0, 0.1) is 0 Å². The van der Waals surface area contributed by atoms with Crippen LogP contribution in [0.3, 0.4) is 0 Å². The third-order valence-electron chi connectivity index (χ3n) is 2.10. The summed E-state index contributed by atoms with van der Waals surface area (Å²) >= 11 is 0. The van der Waals surface area contributed by atoms with Crippen molar-refractivity contribution in [1.29, 1.82) is 0 Å². The second kappa shape index (κ2) is 4.07. The molecule has 1 heterocycles. The van der Waals surface area contributed by atoms with Crippen LogP contribution in [0.5, 0.6) is 0 Å². The van der Waals surface area contributed by atoms with Gasteiger partial charge in [0.25, 0.3) is 10.0 Å². The Balaban J connectivity index is 2.22. The molecule has 2 rings (SSSR count). The lowest BCUT2D eigenvalue weighted by Crippen LogP contribution is -2.13. The first-order valence-electron chi connectivity index (χ1n) is 4.66. The number of hydrogen-bond donors (Lipinski definition) is 1. The molecule has 1 aromatic heterocycles. The molecule has 0 spiro atoms. The van der Waals surface area contributed by atoms with Gasteiger partial charge in [0.2, 0.25) is 0 Å². The van der Waals surface area contributed by atoms with E-state index >= 15 is 0 Å². The van der Waals surface area contributed by atoms with E-state index in [4.69, 9.17) is 5.14 Å². The van der Waals surface area contributed by atoms with Crippen molar-refractivity contribution >= 4 is 10.0 Å². The van der Waals surface area contributed by atoms with Crippen LogP contribution in [0.1, 0.15) is 5.56 Å². The summed E-state index contributed by atoms with van der Waals surface area (Å²) in [5, 5.41) is 8.73. The van der Waals surface area contributed by atoms with Crippen LogP contribution in [0.2, 0.25) is 0 Å². The minimum absolute atomic E-state index is 0.108. The first-order chi connectivity index (χ1) is 7.55. The van der Waals surface area contributed by atoms with Crippen LogP contribution in [0.25, 0.3) is 0 Å². The third kappa shape index (κ3) is 2.47. The number of sulfonamides is 1. The molecular formula is C10H11N3O2S. The summed E-state index contributed by atoms with van der Waals surface area (Å²) in [5.41, 5.74) is 1.05. The van der Waals surface area contributed by atoms with E-state index in [2.05, 4.69) is 5.10 Å². The maximum atomic E-state index is 11.0. The molecule has 0 fully saturated rings. The second-order valence-electron chi connectivity index (χ2n) is 3.38. The molecule has 0 aliphatic carbocycles. The number of nitrogens with zero attached hydrogens (tertiary/aromatic N) is 2. The molecule has 6 heteroatoms. The van der Waals surface area contributed by atoms with E-state index in [0.29, 0.717) is 6.54 Å². The van der Waals surface area contributed by atoms with Gasteiger partial charge in [-0.15, -0.1) is 0 Å². The largest absolute Gasteiger partial charge is 0.267 e. The highest BCUT2D eigenvalue weighted by Gasteiger charge is 2.11. The summed E-state index contributed by atoms with van der Waals surface area (Å²) in [4.78, 5) is 0. The van der Waals surface area contributed by atoms with Gasteiger partial charge >= 0.3 is 0 Å². The number of aromatic nitrogens is 2. The van der Waals surface area contributed by atoms with Gasteiger partial charge in [-0.05, 0) is 11.6 Å². The number of primary sulfonamides is 1. The Labute approximate surface area is 93.6 Å². The molecule has 2 N–H and O–H groups in total. The maximum absolute atomic E-state index is 11.0. The summed E-state index contributed by atoms with van der Waals surface area (Å²) in [6.45, 7) is 0.524. The predicted octanol–water partition coefficient (Wildman–Crippen LogP) is 0.579. The Morgan fingerprint density at radius 1 is 1.19 bits per heavy atom. The zero-order valence-corrected chi connectivity index (χ0v) is 9.26. The predicted molar refractivity (Wildman–Crippen MR) is 59.1 cm³/mol. The minimum atomic E-state index is -3.71. The SMILES string of the molecule is NS(=O)(=O)c1ccn(Cc2ccccc2)n1. The summed E-state index contributed by atoms with van der Waals surface area (Å²) in [6, 6.07) is 11.0. The van der Waals surface area contributed by atoms with Crippen molar-refractivity contribution in [3.8, 4) is 0 Å². The van der Waals surface area contributed by atoms with Crippen LogP contribution in [0.15, 0.2) is 47.6 Å². The van der Waals surface area contributed by atoms with Crippen molar-refractivity contribution in [3.63, 3.8) is 0 Å². The van der Waals surface area contributed by atoms with E-state index in [-0.39, 0.29) is 5.03 Å². The van der Waals surface area contributed by atoms with Crippen molar-refractivity contribution in [2.45, 2.75) is 11.6 Å². The molecule has 1 aromatic carbocycles. The Bertz CT molecular complexity index is 575. The molecule has 0 aliphatic heterocycles. The maximum Gasteiger partial charge on any atom is 0.257 e. The lowest BCUT2D eigenvalue weighted by atomic mass is 10.2. The Hall–Kier alpha value is -1.66. The van der Waals surface area contributed by atoms with Crippen LogP contribution in [-0.4, -0.2) is 18.2 Å². The van der Waals surface area contributed by atoms with Gasteiger partial charge in [0.1, 0.15) is 0 Å². The van der Waals surface area contributed by atoms with Gasteiger partial charge in [-0.25, -0.2) is 13.6 Å². The zero-order valence-electron chi connectivity index (χ0n) is 8.45. The van der Waals surface area contributed by atoms with Crippen molar-refractivity contribution in [2.24, 2.45) is 5.14 Å². The van der Waals surface area contributed by atoms with Crippen molar-refractivity contribution < 1.29 is 8.42 Å². The molecule has 0 aliphatic rings. The summed E-state index contributed by atoms with van der Waals surface area (Å²) in [6.07, 6.45) is 1.59. The molecule has 0 bridgehead atoms. The Morgan fingerprint density at radius 3 is 2.44 bits per heavy atom. The van der Waals surface area contributed by atoms with Gasteiger partial charge in [0.15, 0.2) is 5.03 Å². The average molecular weight is 237 g/mol. The van der Waals surface area contributed by atoms with E-state index in [9.17, 15) is 8.42 Å². The highest BCUT2D eigenvalue weighted by atomic mass is 32.2. The first kappa shape index (κ1) is 10.8.